The van der Waals surface area contributed by atoms with Crippen LogP contribution in [-0.2, 0) is 4.79 Å². The van der Waals surface area contributed by atoms with Crippen LogP contribution in [0.3, 0.4) is 0 Å². The number of halogens is 1. The van der Waals surface area contributed by atoms with E-state index < -0.39 is 0 Å². The number of fused-ring (bicyclic) bond motifs is 1. The number of carbonyl (C=O) groups is 1. The fraction of sp³-hybridized carbons (Fsp3) is 0.300. The van der Waals surface area contributed by atoms with Crippen molar-refractivity contribution in [2.75, 3.05) is 11.4 Å². The monoisotopic (exact) mass is 397 g/mol. The Kier molecular flexibility index (Phi) is 4.12. The maximum atomic E-state index is 12.7. The molecule has 1 aromatic heterocycles. The fourth-order valence-corrected chi connectivity index (χ4v) is 4.18. The summed E-state index contributed by atoms with van der Waals surface area (Å²) in [5.74, 6) is 1.27. The molecule has 25 heavy (non-hydrogen) atoms. The number of hydrogen-bond acceptors (Lipinski definition) is 2. The van der Waals surface area contributed by atoms with Crippen molar-refractivity contribution >= 4 is 38.6 Å². The minimum absolute atomic E-state index is 0.106. The number of benzene rings is 2. The van der Waals surface area contributed by atoms with Gasteiger partial charge in [-0.2, -0.15) is 0 Å². The van der Waals surface area contributed by atoms with Gasteiger partial charge in [0, 0.05) is 29.4 Å². The second-order valence-corrected chi connectivity index (χ2v) is 7.63. The number of carbonyl (C=O) groups excluding carboxylic acids is 1. The summed E-state index contributed by atoms with van der Waals surface area (Å²) in [6.45, 7) is 5.00. The molecule has 1 aliphatic heterocycles. The first-order chi connectivity index (χ1) is 12.1. The van der Waals surface area contributed by atoms with Crippen molar-refractivity contribution in [2.45, 2.75) is 32.2 Å². The van der Waals surface area contributed by atoms with Gasteiger partial charge < -0.3 is 9.47 Å². The van der Waals surface area contributed by atoms with E-state index in [0.717, 1.165) is 27.0 Å². The number of anilines is 1. The summed E-state index contributed by atoms with van der Waals surface area (Å²) in [5.41, 5.74) is 3.07. The summed E-state index contributed by atoms with van der Waals surface area (Å²) < 4.78 is 3.22. The maximum absolute atomic E-state index is 12.7. The lowest BCUT2D eigenvalue weighted by Crippen LogP contribution is -2.25. The molecule has 0 radical (unpaired) electrons. The third-order valence-electron chi connectivity index (χ3n) is 4.77. The second kappa shape index (κ2) is 6.30. The van der Waals surface area contributed by atoms with Gasteiger partial charge in [0.1, 0.15) is 5.82 Å². The summed E-state index contributed by atoms with van der Waals surface area (Å²) in [7, 11) is 0. The Hall–Kier alpha value is -2.14. The smallest absolute Gasteiger partial charge is 0.227 e. The molecule has 1 aliphatic rings. The molecule has 2 heterocycles. The topological polar surface area (TPSA) is 38.1 Å². The van der Waals surface area contributed by atoms with Crippen molar-refractivity contribution in [3.8, 4) is 0 Å². The molecule has 128 valence electrons. The number of hydrogen-bond donors (Lipinski definition) is 0. The van der Waals surface area contributed by atoms with Gasteiger partial charge >= 0.3 is 0 Å². The molecule has 1 saturated heterocycles. The van der Waals surface area contributed by atoms with Gasteiger partial charge in [0.15, 0.2) is 0 Å². The number of nitrogens with zero attached hydrogens (tertiary/aromatic N) is 3. The minimum atomic E-state index is 0.106. The summed E-state index contributed by atoms with van der Waals surface area (Å²) >= 11 is 3.56. The lowest BCUT2D eigenvalue weighted by atomic mass is 10.1. The van der Waals surface area contributed by atoms with Crippen molar-refractivity contribution in [1.29, 1.82) is 0 Å². The molecular weight excluding hydrogens is 378 g/mol. The number of imidazole rings is 1. The van der Waals surface area contributed by atoms with Crippen LogP contribution in [0.4, 0.5) is 5.69 Å². The van der Waals surface area contributed by atoms with E-state index in [2.05, 4.69) is 40.4 Å². The molecule has 2 aromatic carbocycles. The Morgan fingerprint density at radius 1 is 1.12 bits per heavy atom. The molecule has 0 aliphatic carbocycles. The highest BCUT2D eigenvalue weighted by Gasteiger charge is 2.35. The van der Waals surface area contributed by atoms with Crippen LogP contribution in [-0.4, -0.2) is 22.0 Å². The summed E-state index contributed by atoms with van der Waals surface area (Å²) in [6.07, 6.45) is 0.497. The second-order valence-electron chi connectivity index (χ2n) is 6.78. The molecule has 1 atom stereocenters. The zero-order chi connectivity index (χ0) is 17.6. The molecule has 5 heteroatoms. The highest BCUT2D eigenvalue weighted by atomic mass is 79.9. The SMILES string of the molecule is CC(C)n1c([C@@H]2CC(=O)N(c3ccccc3Br)C2)nc2ccccc21. The van der Waals surface area contributed by atoms with Crippen molar-refractivity contribution < 1.29 is 4.79 Å². The summed E-state index contributed by atoms with van der Waals surface area (Å²) in [5, 5.41) is 0. The first-order valence-corrected chi connectivity index (χ1v) is 9.37. The Balaban J connectivity index is 1.75. The highest BCUT2D eigenvalue weighted by molar-refractivity contribution is 9.10. The molecule has 0 bridgehead atoms. The third kappa shape index (κ3) is 2.76. The van der Waals surface area contributed by atoms with Crippen molar-refractivity contribution in [3.05, 3.63) is 58.8 Å². The first kappa shape index (κ1) is 16.3. The van der Waals surface area contributed by atoms with Crippen LogP contribution in [0.15, 0.2) is 53.0 Å². The lowest BCUT2D eigenvalue weighted by molar-refractivity contribution is -0.117. The van der Waals surface area contributed by atoms with E-state index in [-0.39, 0.29) is 11.8 Å². The van der Waals surface area contributed by atoms with E-state index in [1.807, 2.05) is 47.4 Å². The Bertz CT molecular complexity index is 947. The van der Waals surface area contributed by atoms with Crippen LogP contribution < -0.4 is 4.90 Å². The summed E-state index contributed by atoms with van der Waals surface area (Å²) in [4.78, 5) is 19.4. The van der Waals surface area contributed by atoms with Crippen LogP contribution >= 0.6 is 15.9 Å². The van der Waals surface area contributed by atoms with E-state index in [0.29, 0.717) is 19.0 Å². The molecule has 4 nitrogen and oxygen atoms in total. The largest absolute Gasteiger partial charge is 0.325 e. The first-order valence-electron chi connectivity index (χ1n) is 8.58. The predicted octanol–water partition coefficient (Wildman–Crippen LogP) is 4.90. The molecule has 3 aromatic rings. The fourth-order valence-electron chi connectivity index (χ4n) is 3.68. The number of amides is 1. The Morgan fingerprint density at radius 3 is 2.60 bits per heavy atom. The van der Waals surface area contributed by atoms with E-state index in [1.165, 1.54) is 0 Å². The average Bonchev–Trinajstić information content (AvgIpc) is 3.16. The van der Waals surface area contributed by atoms with Gasteiger partial charge in [0.05, 0.1) is 16.7 Å². The number of rotatable bonds is 3. The zero-order valence-corrected chi connectivity index (χ0v) is 15.9. The third-order valence-corrected chi connectivity index (χ3v) is 5.44. The highest BCUT2D eigenvalue weighted by Crippen LogP contribution is 2.36. The van der Waals surface area contributed by atoms with Crippen molar-refractivity contribution in [1.82, 2.24) is 9.55 Å². The molecule has 1 amide bonds. The normalized spacial score (nSPS) is 17.8. The molecule has 0 unspecified atom stereocenters. The van der Waals surface area contributed by atoms with Gasteiger partial charge in [-0.3, -0.25) is 4.79 Å². The van der Waals surface area contributed by atoms with Crippen LogP contribution in [0, 0.1) is 0 Å². The van der Waals surface area contributed by atoms with Crippen LogP contribution in [0.2, 0.25) is 0 Å². The van der Waals surface area contributed by atoms with Gasteiger partial charge in [-0.15, -0.1) is 0 Å². The molecule has 0 N–H and O–H groups in total. The van der Waals surface area contributed by atoms with Gasteiger partial charge in [-0.25, -0.2) is 4.98 Å². The van der Waals surface area contributed by atoms with Gasteiger partial charge in [0.25, 0.3) is 0 Å². The number of para-hydroxylation sites is 3. The molecule has 0 spiro atoms. The molecule has 4 rings (SSSR count). The minimum Gasteiger partial charge on any atom is -0.325 e. The van der Waals surface area contributed by atoms with E-state index in [4.69, 9.17) is 4.98 Å². The zero-order valence-electron chi connectivity index (χ0n) is 14.3. The van der Waals surface area contributed by atoms with Crippen LogP contribution in [0.25, 0.3) is 11.0 Å². The standard InChI is InChI=1S/C20H20BrN3O/c1-13(2)24-18-10-6-4-8-16(18)22-20(24)14-11-19(25)23(12-14)17-9-5-3-7-15(17)21/h3-10,13-14H,11-12H2,1-2H3/t14-/m1/s1. The average molecular weight is 398 g/mol. The predicted molar refractivity (Wildman–Crippen MR) is 104 cm³/mol. The van der Waals surface area contributed by atoms with Gasteiger partial charge in [-0.1, -0.05) is 24.3 Å². The Labute approximate surface area is 155 Å². The van der Waals surface area contributed by atoms with E-state index in [1.54, 1.807) is 0 Å². The number of aromatic nitrogens is 2. The maximum Gasteiger partial charge on any atom is 0.227 e. The molecule has 0 saturated carbocycles. The van der Waals surface area contributed by atoms with Crippen molar-refractivity contribution in [2.24, 2.45) is 0 Å². The van der Waals surface area contributed by atoms with E-state index in [9.17, 15) is 4.79 Å². The quantitative estimate of drug-likeness (QED) is 0.630. The van der Waals surface area contributed by atoms with Gasteiger partial charge in [-0.05, 0) is 54.0 Å². The van der Waals surface area contributed by atoms with Crippen LogP contribution in [0.5, 0.6) is 0 Å². The molecular formula is C20H20BrN3O. The molecule has 1 fully saturated rings. The van der Waals surface area contributed by atoms with Crippen molar-refractivity contribution in [3.63, 3.8) is 0 Å². The van der Waals surface area contributed by atoms with Crippen LogP contribution in [0.1, 0.15) is 38.1 Å². The Morgan fingerprint density at radius 2 is 1.84 bits per heavy atom. The summed E-state index contributed by atoms with van der Waals surface area (Å²) in [6, 6.07) is 16.4. The van der Waals surface area contributed by atoms with Gasteiger partial charge in [0.2, 0.25) is 5.91 Å². The lowest BCUT2D eigenvalue weighted by Gasteiger charge is -2.19. The van der Waals surface area contributed by atoms with E-state index >= 15 is 0 Å².